The predicted molar refractivity (Wildman–Crippen MR) is 59.0 cm³/mol. The number of carboxylic acids is 1. The van der Waals surface area contributed by atoms with Crippen LogP contribution >= 0.6 is 11.6 Å². The minimum atomic E-state index is -0.783. The molecular formula is C11H14ClNO2. The molecule has 0 aliphatic carbocycles. The summed E-state index contributed by atoms with van der Waals surface area (Å²) in [6.45, 7) is 3.83. The molecule has 1 N–H and O–H groups in total. The first-order valence-corrected chi connectivity index (χ1v) is 5.09. The first-order chi connectivity index (χ1) is 6.89. The summed E-state index contributed by atoms with van der Waals surface area (Å²) in [6, 6.07) is 3.59. The summed E-state index contributed by atoms with van der Waals surface area (Å²) in [4.78, 5) is 14.8. The van der Waals surface area contributed by atoms with Crippen LogP contribution in [0.1, 0.15) is 26.0 Å². The molecule has 0 amide bonds. The van der Waals surface area contributed by atoms with Crippen molar-refractivity contribution in [3.8, 4) is 0 Å². The van der Waals surface area contributed by atoms with Crippen LogP contribution in [0, 0.1) is 5.41 Å². The van der Waals surface area contributed by atoms with Gasteiger partial charge >= 0.3 is 5.97 Å². The van der Waals surface area contributed by atoms with Crippen LogP contribution in [0.2, 0.25) is 5.02 Å². The van der Waals surface area contributed by atoms with E-state index in [2.05, 4.69) is 4.98 Å². The van der Waals surface area contributed by atoms with Crippen molar-refractivity contribution >= 4 is 17.6 Å². The SMILES string of the molecule is CC(C)(CC(=O)O)Cc1ccc(Cl)cn1. The van der Waals surface area contributed by atoms with E-state index in [0.717, 1.165) is 5.69 Å². The summed E-state index contributed by atoms with van der Waals surface area (Å²) < 4.78 is 0. The molecule has 1 heterocycles. The Hall–Kier alpha value is -1.09. The number of aromatic nitrogens is 1. The van der Waals surface area contributed by atoms with Crippen molar-refractivity contribution in [3.63, 3.8) is 0 Å². The van der Waals surface area contributed by atoms with E-state index in [1.165, 1.54) is 0 Å². The second-order valence-corrected chi connectivity index (χ2v) is 4.82. The maximum absolute atomic E-state index is 10.6. The number of hydrogen-bond donors (Lipinski definition) is 1. The van der Waals surface area contributed by atoms with Crippen molar-refractivity contribution in [2.45, 2.75) is 26.7 Å². The maximum Gasteiger partial charge on any atom is 0.303 e. The minimum absolute atomic E-state index is 0.136. The lowest BCUT2D eigenvalue weighted by Crippen LogP contribution is -2.20. The number of rotatable bonds is 4. The van der Waals surface area contributed by atoms with E-state index in [4.69, 9.17) is 16.7 Å². The Morgan fingerprint density at radius 1 is 1.53 bits per heavy atom. The molecule has 4 heteroatoms. The molecule has 1 rings (SSSR count). The van der Waals surface area contributed by atoms with Gasteiger partial charge in [0.2, 0.25) is 0 Å². The lowest BCUT2D eigenvalue weighted by molar-refractivity contribution is -0.139. The van der Waals surface area contributed by atoms with Crippen LogP contribution in [0.15, 0.2) is 18.3 Å². The van der Waals surface area contributed by atoms with E-state index < -0.39 is 5.97 Å². The van der Waals surface area contributed by atoms with E-state index in [0.29, 0.717) is 11.4 Å². The van der Waals surface area contributed by atoms with Crippen LogP contribution in [0.25, 0.3) is 0 Å². The van der Waals surface area contributed by atoms with Crippen molar-refractivity contribution in [1.29, 1.82) is 0 Å². The molecule has 0 radical (unpaired) electrons. The number of carbonyl (C=O) groups is 1. The van der Waals surface area contributed by atoms with Gasteiger partial charge in [-0.2, -0.15) is 0 Å². The van der Waals surface area contributed by atoms with Crippen molar-refractivity contribution in [3.05, 3.63) is 29.0 Å². The summed E-state index contributed by atoms with van der Waals surface area (Å²) in [7, 11) is 0. The molecule has 0 saturated carbocycles. The Bertz CT molecular complexity index is 346. The molecule has 0 atom stereocenters. The quantitative estimate of drug-likeness (QED) is 0.861. The fourth-order valence-electron chi connectivity index (χ4n) is 1.47. The van der Waals surface area contributed by atoms with E-state index in [9.17, 15) is 4.79 Å². The summed E-state index contributed by atoms with van der Waals surface area (Å²) >= 11 is 5.71. The first-order valence-electron chi connectivity index (χ1n) is 4.71. The van der Waals surface area contributed by atoms with E-state index in [-0.39, 0.29) is 11.8 Å². The monoisotopic (exact) mass is 227 g/mol. The average molecular weight is 228 g/mol. The molecule has 1 aromatic heterocycles. The second-order valence-electron chi connectivity index (χ2n) is 4.38. The van der Waals surface area contributed by atoms with Gasteiger partial charge in [-0.25, -0.2) is 0 Å². The van der Waals surface area contributed by atoms with Crippen molar-refractivity contribution < 1.29 is 9.90 Å². The van der Waals surface area contributed by atoms with Crippen molar-refractivity contribution in [1.82, 2.24) is 4.98 Å². The Labute approximate surface area is 94.1 Å². The third kappa shape index (κ3) is 4.30. The Morgan fingerprint density at radius 3 is 2.67 bits per heavy atom. The number of aliphatic carboxylic acids is 1. The molecule has 1 aromatic rings. The summed E-state index contributed by atoms with van der Waals surface area (Å²) in [5.74, 6) is -0.783. The molecule has 0 fully saturated rings. The second kappa shape index (κ2) is 4.62. The zero-order valence-electron chi connectivity index (χ0n) is 8.83. The van der Waals surface area contributed by atoms with Gasteiger partial charge in [0.15, 0.2) is 0 Å². The molecule has 0 aliphatic heterocycles. The zero-order chi connectivity index (χ0) is 11.5. The Balaban J connectivity index is 2.68. The predicted octanol–water partition coefficient (Wildman–Crippen LogP) is 2.78. The van der Waals surface area contributed by atoms with Crippen LogP contribution in [-0.2, 0) is 11.2 Å². The topological polar surface area (TPSA) is 50.2 Å². The highest BCUT2D eigenvalue weighted by atomic mass is 35.5. The maximum atomic E-state index is 10.6. The zero-order valence-corrected chi connectivity index (χ0v) is 9.58. The molecule has 0 aliphatic rings. The third-order valence-electron chi connectivity index (χ3n) is 2.08. The molecule has 82 valence electrons. The molecule has 0 unspecified atom stereocenters. The van der Waals surface area contributed by atoms with E-state index >= 15 is 0 Å². The van der Waals surface area contributed by atoms with Gasteiger partial charge in [-0.05, 0) is 24.0 Å². The van der Waals surface area contributed by atoms with Gasteiger partial charge in [0.25, 0.3) is 0 Å². The minimum Gasteiger partial charge on any atom is -0.481 e. The number of halogens is 1. The van der Waals surface area contributed by atoms with Gasteiger partial charge in [0.1, 0.15) is 0 Å². The van der Waals surface area contributed by atoms with Gasteiger partial charge in [0.05, 0.1) is 11.4 Å². The van der Waals surface area contributed by atoms with Crippen molar-refractivity contribution in [2.24, 2.45) is 5.41 Å². The van der Waals surface area contributed by atoms with Crippen molar-refractivity contribution in [2.75, 3.05) is 0 Å². The summed E-state index contributed by atoms with van der Waals surface area (Å²) in [5, 5.41) is 9.32. The van der Waals surface area contributed by atoms with Crippen LogP contribution in [0.3, 0.4) is 0 Å². The number of pyridine rings is 1. The fourth-order valence-corrected chi connectivity index (χ4v) is 1.58. The average Bonchev–Trinajstić information content (AvgIpc) is 2.06. The van der Waals surface area contributed by atoms with Crippen LogP contribution in [-0.4, -0.2) is 16.1 Å². The molecule has 3 nitrogen and oxygen atoms in total. The van der Waals surface area contributed by atoms with E-state index in [1.807, 2.05) is 19.9 Å². The van der Waals surface area contributed by atoms with Gasteiger partial charge in [-0.1, -0.05) is 25.4 Å². The van der Waals surface area contributed by atoms with Gasteiger partial charge < -0.3 is 5.11 Å². The third-order valence-corrected chi connectivity index (χ3v) is 2.30. The molecule has 15 heavy (non-hydrogen) atoms. The fraction of sp³-hybridized carbons (Fsp3) is 0.455. The molecular weight excluding hydrogens is 214 g/mol. The molecule has 0 aromatic carbocycles. The number of carboxylic acid groups (broad SMARTS) is 1. The normalized spacial score (nSPS) is 11.4. The summed E-state index contributed by atoms with van der Waals surface area (Å²) in [5.41, 5.74) is 0.581. The van der Waals surface area contributed by atoms with Gasteiger partial charge in [-0.15, -0.1) is 0 Å². The van der Waals surface area contributed by atoms with Gasteiger partial charge in [-0.3, -0.25) is 9.78 Å². The smallest absolute Gasteiger partial charge is 0.303 e. The number of nitrogens with zero attached hydrogens (tertiary/aromatic N) is 1. The highest BCUT2D eigenvalue weighted by Gasteiger charge is 2.22. The highest BCUT2D eigenvalue weighted by molar-refractivity contribution is 6.30. The highest BCUT2D eigenvalue weighted by Crippen LogP contribution is 2.25. The molecule has 0 bridgehead atoms. The lowest BCUT2D eigenvalue weighted by atomic mass is 9.84. The van der Waals surface area contributed by atoms with E-state index in [1.54, 1.807) is 12.3 Å². The van der Waals surface area contributed by atoms with Gasteiger partial charge in [0, 0.05) is 11.9 Å². The Kier molecular flexibility index (Phi) is 3.69. The van der Waals surface area contributed by atoms with Crippen LogP contribution in [0.4, 0.5) is 0 Å². The number of hydrogen-bond acceptors (Lipinski definition) is 2. The Morgan fingerprint density at radius 2 is 2.20 bits per heavy atom. The van der Waals surface area contributed by atoms with Crippen LogP contribution < -0.4 is 0 Å². The first kappa shape index (κ1) is 12.0. The largest absolute Gasteiger partial charge is 0.481 e. The lowest BCUT2D eigenvalue weighted by Gasteiger charge is -2.21. The summed E-state index contributed by atoms with van der Waals surface area (Å²) in [6.07, 6.45) is 2.35. The molecule has 0 saturated heterocycles. The van der Waals surface area contributed by atoms with Crippen LogP contribution in [0.5, 0.6) is 0 Å². The molecule has 0 spiro atoms. The standard InChI is InChI=1S/C11H14ClNO2/c1-11(2,6-10(14)15)5-9-4-3-8(12)7-13-9/h3-4,7H,5-6H2,1-2H3,(H,14,15).